The van der Waals surface area contributed by atoms with Crippen LogP contribution in [-0.2, 0) is 26.6 Å². The van der Waals surface area contributed by atoms with Crippen molar-refractivity contribution in [3.05, 3.63) is 29.3 Å². The molecule has 0 aliphatic rings. The van der Waals surface area contributed by atoms with Gasteiger partial charge in [-0.2, -0.15) is 0 Å². The highest BCUT2D eigenvalue weighted by Crippen LogP contribution is 2.16. The minimum absolute atomic E-state index is 0.0878. The quantitative estimate of drug-likeness (QED) is 0.621. The van der Waals surface area contributed by atoms with Gasteiger partial charge in [-0.15, -0.1) is 0 Å². The predicted molar refractivity (Wildman–Crippen MR) is 72.2 cm³/mol. The lowest BCUT2D eigenvalue weighted by molar-refractivity contribution is 0.580. The highest BCUT2D eigenvalue weighted by molar-refractivity contribution is 7.90. The Bertz CT molecular complexity index is 653. The summed E-state index contributed by atoms with van der Waals surface area (Å²) in [6.07, 6.45) is 0. The van der Waals surface area contributed by atoms with Crippen LogP contribution in [0, 0.1) is 6.92 Å². The standard InChI is InChI=1S/C10H17N3O4S2/c1-8-2-3-9(7-11)6-10(8)19(16,17)13-4-5-18(12,14)15/h2-3,6,13H,4-5,7,11H2,1H3,(H2,12,14,15). The molecule has 5 N–H and O–H groups in total. The van der Waals surface area contributed by atoms with Crippen LogP contribution in [0.15, 0.2) is 23.1 Å². The Morgan fingerprint density at radius 1 is 1.21 bits per heavy atom. The van der Waals surface area contributed by atoms with E-state index in [-0.39, 0.29) is 18.0 Å². The van der Waals surface area contributed by atoms with Crippen LogP contribution in [0.3, 0.4) is 0 Å². The van der Waals surface area contributed by atoms with Crippen molar-refractivity contribution in [2.75, 3.05) is 12.3 Å². The van der Waals surface area contributed by atoms with E-state index in [0.29, 0.717) is 11.1 Å². The zero-order valence-electron chi connectivity index (χ0n) is 10.5. The van der Waals surface area contributed by atoms with E-state index < -0.39 is 25.8 Å². The summed E-state index contributed by atoms with van der Waals surface area (Å²) in [6, 6.07) is 4.85. The Morgan fingerprint density at radius 3 is 2.37 bits per heavy atom. The molecule has 7 nitrogen and oxygen atoms in total. The smallest absolute Gasteiger partial charge is 0.240 e. The number of rotatable bonds is 6. The molecule has 0 unspecified atom stereocenters. The summed E-state index contributed by atoms with van der Waals surface area (Å²) in [6.45, 7) is 1.60. The maximum Gasteiger partial charge on any atom is 0.240 e. The Balaban J connectivity index is 2.94. The molecule has 19 heavy (non-hydrogen) atoms. The van der Waals surface area contributed by atoms with Crippen LogP contribution in [-0.4, -0.2) is 29.1 Å². The fraction of sp³-hybridized carbons (Fsp3) is 0.400. The lowest BCUT2D eigenvalue weighted by Crippen LogP contribution is -2.32. The summed E-state index contributed by atoms with van der Waals surface area (Å²) in [5.74, 6) is -0.456. The lowest BCUT2D eigenvalue weighted by atomic mass is 10.1. The SMILES string of the molecule is Cc1ccc(CN)cc1S(=O)(=O)NCCS(N)(=O)=O. The van der Waals surface area contributed by atoms with E-state index in [1.807, 2.05) is 0 Å². The molecule has 0 fully saturated rings. The van der Waals surface area contributed by atoms with Crippen molar-refractivity contribution in [1.29, 1.82) is 0 Å². The lowest BCUT2D eigenvalue weighted by Gasteiger charge is -2.10. The zero-order chi connectivity index (χ0) is 14.7. The van der Waals surface area contributed by atoms with E-state index in [2.05, 4.69) is 4.72 Å². The normalized spacial score (nSPS) is 12.6. The summed E-state index contributed by atoms with van der Waals surface area (Å²) in [4.78, 5) is 0.0878. The van der Waals surface area contributed by atoms with Gasteiger partial charge in [0.15, 0.2) is 0 Å². The first-order valence-electron chi connectivity index (χ1n) is 5.45. The summed E-state index contributed by atoms with van der Waals surface area (Å²) in [5, 5.41) is 4.80. The fourth-order valence-corrected chi connectivity index (χ4v) is 3.30. The monoisotopic (exact) mass is 307 g/mol. The third-order valence-corrected chi connectivity index (χ3v) is 4.83. The number of hydrogen-bond donors (Lipinski definition) is 3. The molecule has 0 aromatic heterocycles. The van der Waals surface area contributed by atoms with E-state index in [1.165, 1.54) is 6.07 Å². The van der Waals surface area contributed by atoms with Gasteiger partial charge in [-0.05, 0) is 24.1 Å². The van der Waals surface area contributed by atoms with Gasteiger partial charge in [-0.25, -0.2) is 26.7 Å². The Labute approximate surface area is 113 Å². The van der Waals surface area contributed by atoms with Crippen molar-refractivity contribution in [3.8, 4) is 0 Å². The summed E-state index contributed by atoms with van der Waals surface area (Å²) >= 11 is 0. The minimum Gasteiger partial charge on any atom is -0.326 e. The molecular formula is C10H17N3O4S2. The Morgan fingerprint density at radius 2 is 1.84 bits per heavy atom. The molecule has 0 aliphatic heterocycles. The van der Waals surface area contributed by atoms with Gasteiger partial charge in [0.25, 0.3) is 0 Å². The van der Waals surface area contributed by atoms with E-state index in [9.17, 15) is 16.8 Å². The number of aryl methyl sites for hydroxylation is 1. The van der Waals surface area contributed by atoms with Gasteiger partial charge >= 0.3 is 0 Å². The summed E-state index contributed by atoms with van der Waals surface area (Å²) in [5.41, 5.74) is 6.69. The molecule has 0 saturated heterocycles. The van der Waals surface area contributed by atoms with Crippen molar-refractivity contribution in [2.24, 2.45) is 10.9 Å². The van der Waals surface area contributed by atoms with Crippen LogP contribution in [0.2, 0.25) is 0 Å². The Kier molecular flexibility index (Phi) is 5.04. The number of sulfonamides is 2. The van der Waals surface area contributed by atoms with Crippen LogP contribution in [0.25, 0.3) is 0 Å². The summed E-state index contributed by atoms with van der Waals surface area (Å²) in [7, 11) is -7.47. The van der Waals surface area contributed by atoms with E-state index >= 15 is 0 Å². The minimum atomic E-state index is -3.77. The highest BCUT2D eigenvalue weighted by atomic mass is 32.2. The van der Waals surface area contributed by atoms with Crippen LogP contribution < -0.4 is 15.6 Å². The van der Waals surface area contributed by atoms with Crippen LogP contribution in [0.1, 0.15) is 11.1 Å². The number of nitrogens with one attached hydrogen (secondary N) is 1. The largest absolute Gasteiger partial charge is 0.326 e. The highest BCUT2D eigenvalue weighted by Gasteiger charge is 2.17. The molecule has 0 saturated carbocycles. The fourth-order valence-electron chi connectivity index (χ4n) is 1.46. The van der Waals surface area contributed by atoms with Crippen molar-refractivity contribution in [1.82, 2.24) is 4.72 Å². The molecule has 1 aromatic carbocycles. The second-order valence-electron chi connectivity index (χ2n) is 4.07. The van der Waals surface area contributed by atoms with Gasteiger partial charge in [-0.1, -0.05) is 12.1 Å². The van der Waals surface area contributed by atoms with Crippen molar-refractivity contribution >= 4 is 20.0 Å². The summed E-state index contributed by atoms with van der Waals surface area (Å²) < 4.78 is 47.7. The maximum atomic E-state index is 12.0. The number of nitrogens with two attached hydrogens (primary N) is 2. The van der Waals surface area contributed by atoms with Crippen molar-refractivity contribution in [3.63, 3.8) is 0 Å². The number of primary sulfonamides is 1. The van der Waals surface area contributed by atoms with Gasteiger partial charge in [0.1, 0.15) is 0 Å². The second kappa shape index (κ2) is 5.97. The predicted octanol–water partition coefficient (Wildman–Crippen LogP) is -0.979. The number of hydrogen-bond acceptors (Lipinski definition) is 5. The van der Waals surface area contributed by atoms with Gasteiger partial charge in [0.05, 0.1) is 10.6 Å². The van der Waals surface area contributed by atoms with Crippen molar-refractivity contribution in [2.45, 2.75) is 18.4 Å². The van der Waals surface area contributed by atoms with Gasteiger partial charge in [-0.3, -0.25) is 0 Å². The molecule has 0 heterocycles. The van der Waals surface area contributed by atoms with E-state index in [1.54, 1.807) is 19.1 Å². The molecule has 0 bridgehead atoms. The third-order valence-electron chi connectivity index (χ3n) is 2.46. The van der Waals surface area contributed by atoms with Crippen LogP contribution >= 0.6 is 0 Å². The van der Waals surface area contributed by atoms with Gasteiger partial charge in [0, 0.05) is 13.1 Å². The average Bonchev–Trinajstić information content (AvgIpc) is 2.27. The zero-order valence-corrected chi connectivity index (χ0v) is 12.1. The molecule has 1 aromatic rings. The maximum absolute atomic E-state index is 12.0. The molecule has 0 atom stereocenters. The molecule has 9 heteroatoms. The molecule has 0 aliphatic carbocycles. The van der Waals surface area contributed by atoms with E-state index in [4.69, 9.17) is 10.9 Å². The number of benzene rings is 1. The van der Waals surface area contributed by atoms with Crippen LogP contribution in [0.5, 0.6) is 0 Å². The average molecular weight is 307 g/mol. The Hall–Kier alpha value is -1.00. The van der Waals surface area contributed by atoms with E-state index in [0.717, 1.165) is 0 Å². The topological polar surface area (TPSA) is 132 Å². The molecule has 1 rings (SSSR count). The second-order valence-corrected chi connectivity index (χ2v) is 7.54. The first-order valence-corrected chi connectivity index (χ1v) is 8.65. The molecule has 108 valence electrons. The first kappa shape index (κ1) is 16.1. The third kappa shape index (κ3) is 4.88. The molecule has 0 spiro atoms. The molecule has 0 amide bonds. The van der Waals surface area contributed by atoms with Gasteiger partial charge in [0.2, 0.25) is 20.0 Å². The molecule has 0 radical (unpaired) electrons. The van der Waals surface area contributed by atoms with Crippen molar-refractivity contribution < 1.29 is 16.8 Å². The first-order chi connectivity index (χ1) is 8.65. The van der Waals surface area contributed by atoms with Gasteiger partial charge < -0.3 is 5.73 Å². The van der Waals surface area contributed by atoms with Crippen LogP contribution in [0.4, 0.5) is 0 Å². The molecular weight excluding hydrogens is 290 g/mol.